The van der Waals surface area contributed by atoms with E-state index in [9.17, 15) is 14.9 Å². The molecule has 2 saturated heterocycles. The minimum atomic E-state index is -1.43. The lowest BCUT2D eigenvalue weighted by Crippen LogP contribution is -2.61. The number of benzene rings is 2. The maximum atomic E-state index is 12.8. The number of ether oxygens (including phenoxy) is 2. The van der Waals surface area contributed by atoms with Crippen molar-refractivity contribution in [2.75, 3.05) is 0 Å². The molecule has 2 fully saturated rings. The van der Waals surface area contributed by atoms with E-state index in [1.165, 1.54) is 12.1 Å². The molecule has 0 saturated carbocycles. The summed E-state index contributed by atoms with van der Waals surface area (Å²) in [5.74, 6) is -1.96. The average molecular weight is 474 g/mol. The van der Waals surface area contributed by atoms with Crippen molar-refractivity contribution < 1.29 is 29.0 Å². The van der Waals surface area contributed by atoms with Crippen LogP contribution >= 0.6 is 15.9 Å². The lowest BCUT2D eigenvalue weighted by atomic mass is 9.81. The number of hydrogen-bond acceptors (Lipinski definition) is 7. The maximum absolute atomic E-state index is 12.8. The molecule has 30 heavy (non-hydrogen) atoms. The van der Waals surface area contributed by atoms with Crippen molar-refractivity contribution in [3.8, 4) is 0 Å². The van der Waals surface area contributed by atoms with Gasteiger partial charge in [0.2, 0.25) is 5.79 Å². The molecule has 154 valence electrons. The van der Waals surface area contributed by atoms with Crippen LogP contribution in [-0.4, -0.2) is 22.3 Å². The Balaban J connectivity index is 1.53. The molecule has 9 heteroatoms. The summed E-state index contributed by atoms with van der Waals surface area (Å²) in [6, 6.07) is 13.5. The van der Waals surface area contributed by atoms with Crippen LogP contribution in [0.5, 0.6) is 0 Å². The molecule has 2 unspecified atom stereocenters. The summed E-state index contributed by atoms with van der Waals surface area (Å²) in [7, 11) is 0. The van der Waals surface area contributed by atoms with E-state index in [0.29, 0.717) is 5.56 Å². The van der Waals surface area contributed by atoms with Crippen molar-refractivity contribution in [2.24, 2.45) is 0 Å². The number of carbonyl (C=O) groups is 1. The second-order valence-corrected chi connectivity index (χ2v) is 8.48. The first kappa shape index (κ1) is 19.4. The Hall–Kier alpha value is -2.59. The SMILES string of the molecule is C[C@]12C=C3C(=O)OC(c4ccccc4Br)C[C@@]3(OO1)OC2c1ccc([N+](=O)[O-])cc1. The molecule has 0 amide bonds. The lowest BCUT2D eigenvalue weighted by molar-refractivity contribution is -0.523. The minimum absolute atomic E-state index is 0.0216. The summed E-state index contributed by atoms with van der Waals surface area (Å²) in [6.45, 7) is 1.72. The molecule has 0 aliphatic carbocycles. The number of nitrogens with zero attached hydrogens (tertiary/aromatic N) is 1. The topological polar surface area (TPSA) is 97.1 Å². The Morgan fingerprint density at radius 1 is 1.13 bits per heavy atom. The van der Waals surface area contributed by atoms with E-state index in [1.807, 2.05) is 24.3 Å². The largest absolute Gasteiger partial charge is 0.454 e. The number of halogens is 1. The monoisotopic (exact) mass is 473 g/mol. The lowest BCUT2D eigenvalue weighted by Gasteiger charge is -2.54. The van der Waals surface area contributed by atoms with Crippen LogP contribution in [0.3, 0.4) is 0 Å². The van der Waals surface area contributed by atoms with Crippen LogP contribution in [0.1, 0.15) is 36.7 Å². The number of nitro benzene ring substituents is 1. The Labute approximate surface area is 179 Å². The number of hydrogen-bond donors (Lipinski definition) is 0. The van der Waals surface area contributed by atoms with Gasteiger partial charge in [0.25, 0.3) is 5.69 Å². The highest BCUT2D eigenvalue weighted by Crippen LogP contribution is 2.56. The summed E-state index contributed by atoms with van der Waals surface area (Å²) in [4.78, 5) is 34.6. The van der Waals surface area contributed by atoms with Gasteiger partial charge in [-0.25, -0.2) is 9.68 Å². The molecule has 2 bridgehead atoms. The fourth-order valence-corrected chi connectivity index (χ4v) is 4.64. The van der Waals surface area contributed by atoms with Gasteiger partial charge in [-0.3, -0.25) is 10.1 Å². The van der Waals surface area contributed by atoms with E-state index in [4.69, 9.17) is 19.2 Å². The Kier molecular flexibility index (Phi) is 4.33. The molecule has 8 nitrogen and oxygen atoms in total. The number of non-ortho nitro benzene ring substituents is 1. The summed E-state index contributed by atoms with van der Waals surface area (Å²) in [5.41, 5.74) is 0.617. The highest BCUT2D eigenvalue weighted by molar-refractivity contribution is 9.10. The number of rotatable bonds is 3. The molecule has 0 aromatic heterocycles. The van der Waals surface area contributed by atoms with Crippen molar-refractivity contribution >= 4 is 27.6 Å². The van der Waals surface area contributed by atoms with Gasteiger partial charge in [-0.15, -0.1) is 0 Å². The van der Waals surface area contributed by atoms with E-state index < -0.39 is 34.5 Å². The number of esters is 1. The van der Waals surface area contributed by atoms with Crippen LogP contribution in [0, 0.1) is 10.1 Å². The van der Waals surface area contributed by atoms with Crippen molar-refractivity contribution in [1.29, 1.82) is 0 Å². The van der Waals surface area contributed by atoms with Crippen molar-refractivity contribution in [3.05, 3.63) is 85.9 Å². The maximum Gasteiger partial charge on any atom is 0.340 e. The summed E-state index contributed by atoms with van der Waals surface area (Å²) in [5, 5.41) is 11.0. The predicted molar refractivity (Wildman–Crippen MR) is 106 cm³/mol. The summed E-state index contributed by atoms with van der Waals surface area (Å²) < 4.78 is 12.8. The van der Waals surface area contributed by atoms with Gasteiger partial charge < -0.3 is 9.47 Å². The zero-order chi connectivity index (χ0) is 21.1. The van der Waals surface area contributed by atoms with Gasteiger partial charge in [-0.1, -0.05) is 34.1 Å². The number of cyclic esters (lactones) is 1. The molecule has 2 aromatic carbocycles. The Morgan fingerprint density at radius 2 is 1.87 bits per heavy atom. The van der Waals surface area contributed by atoms with Gasteiger partial charge in [0, 0.05) is 22.2 Å². The first-order valence-electron chi connectivity index (χ1n) is 9.29. The van der Waals surface area contributed by atoms with E-state index in [1.54, 1.807) is 25.1 Å². The van der Waals surface area contributed by atoms with E-state index >= 15 is 0 Å². The first-order chi connectivity index (χ1) is 14.3. The fourth-order valence-electron chi connectivity index (χ4n) is 4.10. The summed E-state index contributed by atoms with van der Waals surface area (Å²) in [6.07, 6.45) is 0.646. The quantitative estimate of drug-likeness (QED) is 0.281. The van der Waals surface area contributed by atoms with Crippen molar-refractivity contribution in [2.45, 2.75) is 36.9 Å². The fraction of sp³-hybridized carbons (Fsp3) is 0.286. The molecule has 4 aliphatic heterocycles. The van der Waals surface area contributed by atoms with Gasteiger partial charge in [0.05, 0.1) is 16.9 Å². The standard InChI is InChI=1S/C21H16BrNO7/c1-20-10-15-19(24)27-17(14-4-2-3-5-16(14)22)11-21(15,30-29-20)28-18(20)12-6-8-13(9-7-12)23(25)26/h2-10,17-18H,11H2,1H3/t17?,18?,20-,21+/m1/s1. The smallest absolute Gasteiger partial charge is 0.340 e. The van der Waals surface area contributed by atoms with Crippen molar-refractivity contribution in [1.82, 2.24) is 0 Å². The van der Waals surface area contributed by atoms with Crippen LogP contribution in [0.4, 0.5) is 5.69 Å². The molecule has 4 aliphatic rings. The third kappa shape index (κ3) is 2.89. The van der Waals surface area contributed by atoms with Crippen LogP contribution in [0.2, 0.25) is 0 Å². The second-order valence-electron chi connectivity index (χ2n) is 7.63. The number of fused-ring (bicyclic) bond motifs is 2. The van der Waals surface area contributed by atoms with Crippen LogP contribution in [-0.2, 0) is 24.0 Å². The molecule has 0 N–H and O–H groups in total. The number of nitro groups is 1. The number of carbonyl (C=O) groups excluding carboxylic acids is 1. The molecular formula is C21H16BrNO7. The normalized spacial score (nSPS) is 32.2. The van der Waals surface area contributed by atoms with Gasteiger partial charge in [-0.05, 0) is 36.8 Å². The molecule has 1 spiro atoms. The molecule has 2 aromatic rings. The molecule has 4 atom stereocenters. The highest BCUT2D eigenvalue weighted by Gasteiger charge is 2.63. The minimum Gasteiger partial charge on any atom is -0.454 e. The highest BCUT2D eigenvalue weighted by atomic mass is 79.9. The molecular weight excluding hydrogens is 458 g/mol. The van der Waals surface area contributed by atoms with Gasteiger partial charge in [-0.2, -0.15) is 4.89 Å². The third-order valence-corrected chi connectivity index (χ3v) is 6.33. The molecule has 0 radical (unpaired) electrons. The molecule has 4 heterocycles. The first-order valence-corrected chi connectivity index (χ1v) is 10.1. The average Bonchev–Trinajstić information content (AvgIpc) is 2.73. The molecule has 6 rings (SSSR count). The van der Waals surface area contributed by atoms with Crippen molar-refractivity contribution in [3.63, 3.8) is 0 Å². The zero-order valence-electron chi connectivity index (χ0n) is 15.7. The third-order valence-electron chi connectivity index (χ3n) is 5.61. The van der Waals surface area contributed by atoms with Gasteiger partial charge in [0.1, 0.15) is 12.2 Å². The summed E-state index contributed by atoms with van der Waals surface area (Å²) >= 11 is 3.49. The Bertz CT molecular complexity index is 1090. The second kappa shape index (κ2) is 6.71. The van der Waals surface area contributed by atoms with E-state index in [-0.39, 0.29) is 17.7 Å². The van der Waals surface area contributed by atoms with Crippen LogP contribution < -0.4 is 0 Å². The van der Waals surface area contributed by atoms with Gasteiger partial charge >= 0.3 is 5.97 Å². The van der Waals surface area contributed by atoms with E-state index in [0.717, 1.165) is 10.0 Å². The Morgan fingerprint density at radius 3 is 2.57 bits per heavy atom. The van der Waals surface area contributed by atoms with Crippen LogP contribution in [0.25, 0.3) is 0 Å². The van der Waals surface area contributed by atoms with Gasteiger partial charge in [0.15, 0.2) is 5.60 Å². The predicted octanol–water partition coefficient (Wildman–Crippen LogP) is 4.46. The zero-order valence-corrected chi connectivity index (χ0v) is 17.3. The van der Waals surface area contributed by atoms with Crippen LogP contribution in [0.15, 0.2) is 64.7 Å². The van der Waals surface area contributed by atoms with E-state index in [2.05, 4.69) is 15.9 Å².